The van der Waals surface area contributed by atoms with Crippen LogP contribution < -0.4 is 10.6 Å². The molecule has 1 aliphatic rings. The normalized spacial score (nSPS) is 13.2. The Hall–Kier alpha value is -3.22. The van der Waals surface area contributed by atoms with Gasteiger partial charge in [0.25, 0.3) is 11.8 Å². The zero-order valence-corrected chi connectivity index (χ0v) is 13.2. The van der Waals surface area contributed by atoms with E-state index in [4.69, 9.17) is 0 Å². The van der Waals surface area contributed by atoms with Gasteiger partial charge in [0, 0.05) is 17.9 Å². The second kappa shape index (κ2) is 6.11. The fraction of sp³-hybridized carbons (Fsp3) is 0.176. The van der Waals surface area contributed by atoms with Gasteiger partial charge in [-0.3, -0.25) is 19.8 Å². The highest BCUT2D eigenvalue weighted by molar-refractivity contribution is 6.22. The van der Waals surface area contributed by atoms with E-state index in [1.54, 1.807) is 50.4 Å². The topological polar surface area (TPSA) is 91.4 Å². The van der Waals surface area contributed by atoms with Crippen molar-refractivity contribution in [3.63, 3.8) is 0 Å². The van der Waals surface area contributed by atoms with Gasteiger partial charge in [-0.15, -0.1) is 0 Å². The third kappa shape index (κ3) is 2.83. The van der Waals surface area contributed by atoms with Crippen LogP contribution >= 0.6 is 0 Å². The van der Waals surface area contributed by atoms with Crippen molar-refractivity contribution in [2.24, 2.45) is 0 Å². The third-order valence-corrected chi connectivity index (χ3v) is 3.60. The minimum Gasteiger partial charge on any atom is -0.308 e. The van der Waals surface area contributed by atoms with Crippen LogP contribution in [0, 0.1) is 0 Å². The number of benzene rings is 1. The van der Waals surface area contributed by atoms with Crippen LogP contribution in [0.5, 0.6) is 0 Å². The standard InChI is InChI=1S/C17H16N4O3/c1-10(2)21-15(22)12-7-6-11(9-13(12)16(21)23)19-17(24)20-14-5-3-4-8-18-14/h3-10H,1-2H3,(H2,18,19,20,24). The van der Waals surface area contributed by atoms with Crippen LogP contribution in [0.1, 0.15) is 34.6 Å². The Morgan fingerprint density at radius 1 is 1.04 bits per heavy atom. The predicted molar refractivity (Wildman–Crippen MR) is 89.0 cm³/mol. The summed E-state index contributed by atoms with van der Waals surface area (Å²) in [5.74, 6) is -0.248. The molecule has 0 spiro atoms. The molecule has 7 heteroatoms. The SMILES string of the molecule is CC(C)N1C(=O)c2ccc(NC(=O)Nc3ccccn3)cc2C1=O. The summed E-state index contributed by atoms with van der Waals surface area (Å²) in [5, 5.41) is 5.21. The monoisotopic (exact) mass is 324 g/mol. The molecule has 0 atom stereocenters. The number of nitrogens with zero attached hydrogens (tertiary/aromatic N) is 2. The maximum absolute atomic E-state index is 12.3. The minimum atomic E-state index is -0.480. The Morgan fingerprint density at radius 2 is 1.79 bits per heavy atom. The number of hydrogen-bond donors (Lipinski definition) is 2. The molecule has 2 heterocycles. The number of anilines is 2. The van der Waals surface area contributed by atoms with Gasteiger partial charge in [0.1, 0.15) is 5.82 Å². The summed E-state index contributed by atoms with van der Waals surface area (Å²) in [6, 6.07) is 9.10. The molecule has 0 radical (unpaired) electrons. The molecule has 0 aliphatic carbocycles. The summed E-state index contributed by atoms with van der Waals surface area (Å²) >= 11 is 0. The summed E-state index contributed by atoms with van der Waals surface area (Å²) in [5.41, 5.74) is 1.07. The fourth-order valence-corrected chi connectivity index (χ4v) is 2.52. The third-order valence-electron chi connectivity index (χ3n) is 3.60. The van der Waals surface area contributed by atoms with E-state index >= 15 is 0 Å². The lowest BCUT2D eigenvalue weighted by atomic mass is 10.1. The summed E-state index contributed by atoms with van der Waals surface area (Å²) < 4.78 is 0. The first kappa shape index (κ1) is 15.7. The van der Waals surface area contributed by atoms with Crippen molar-refractivity contribution in [2.75, 3.05) is 10.6 Å². The molecule has 0 fully saturated rings. The summed E-state index contributed by atoms with van der Waals surface area (Å²) in [6.07, 6.45) is 1.57. The summed E-state index contributed by atoms with van der Waals surface area (Å²) in [4.78, 5) is 41.7. The molecule has 4 amide bonds. The van der Waals surface area contributed by atoms with Crippen LogP contribution in [0.4, 0.5) is 16.3 Å². The molecule has 2 N–H and O–H groups in total. The van der Waals surface area contributed by atoms with E-state index in [1.165, 1.54) is 11.0 Å². The number of aromatic nitrogens is 1. The quantitative estimate of drug-likeness (QED) is 0.849. The van der Waals surface area contributed by atoms with E-state index in [1.807, 2.05) is 0 Å². The van der Waals surface area contributed by atoms with Gasteiger partial charge >= 0.3 is 6.03 Å². The lowest BCUT2D eigenvalue weighted by Gasteiger charge is -2.17. The number of amides is 4. The van der Waals surface area contributed by atoms with Crippen LogP contribution in [-0.4, -0.2) is 33.8 Å². The Labute approximate surface area is 138 Å². The number of rotatable bonds is 3. The van der Waals surface area contributed by atoms with E-state index in [9.17, 15) is 14.4 Å². The van der Waals surface area contributed by atoms with Crippen molar-refractivity contribution in [3.8, 4) is 0 Å². The second-order valence-electron chi connectivity index (χ2n) is 5.63. The molecule has 1 aromatic carbocycles. The molecule has 0 bridgehead atoms. The van der Waals surface area contributed by atoms with Crippen LogP contribution in [0.2, 0.25) is 0 Å². The van der Waals surface area contributed by atoms with Crippen molar-refractivity contribution in [3.05, 3.63) is 53.7 Å². The van der Waals surface area contributed by atoms with E-state index in [0.29, 0.717) is 22.6 Å². The van der Waals surface area contributed by atoms with Crippen LogP contribution in [0.25, 0.3) is 0 Å². The zero-order valence-electron chi connectivity index (χ0n) is 13.2. The lowest BCUT2D eigenvalue weighted by Crippen LogP contribution is -2.35. The van der Waals surface area contributed by atoms with E-state index < -0.39 is 6.03 Å². The highest BCUT2D eigenvalue weighted by atomic mass is 16.2. The number of urea groups is 1. The average Bonchev–Trinajstić information content (AvgIpc) is 2.79. The van der Waals surface area contributed by atoms with E-state index in [0.717, 1.165) is 0 Å². The van der Waals surface area contributed by atoms with Gasteiger partial charge in [-0.25, -0.2) is 9.78 Å². The number of imide groups is 1. The van der Waals surface area contributed by atoms with Crippen molar-refractivity contribution in [1.29, 1.82) is 0 Å². The van der Waals surface area contributed by atoms with E-state index in [2.05, 4.69) is 15.6 Å². The number of pyridine rings is 1. The van der Waals surface area contributed by atoms with Gasteiger partial charge < -0.3 is 5.32 Å². The molecule has 1 aromatic heterocycles. The molecule has 24 heavy (non-hydrogen) atoms. The molecule has 0 saturated carbocycles. The van der Waals surface area contributed by atoms with Gasteiger partial charge in [0.05, 0.1) is 11.1 Å². The number of carbonyl (C=O) groups is 3. The first-order valence-electron chi connectivity index (χ1n) is 7.48. The number of hydrogen-bond acceptors (Lipinski definition) is 4. The number of fused-ring (bicyclic) bond motifs is 1. The highest BCUT2D eigenvalue weighted by Gasteiger charge is 2.37. The van der Waals surface area contributed by atoms with Crippen LogP contribution in [-0.2, 0) is 0 Å². The summed E-state index contributed by atoms with van der Waals surface area (Å²) in [6.45, 7) is 3.56. The van der Waals surface area contributed by atoms with E-state index in [-0.39, 0.29) is 17.9 Å². The van der Waals surface area contributed by atoms with Crippen molar-refractivity contribution >= 4 is 29.4 Å². The molecule has 2 aromatic rings. The number of nitrogens with one attached hydrogen (secondary N) is 2. The fourth-order valence-electron chi connectivity index (χ4n) is 2.52. The van der Waals surface area contributed by atoms with Gasteiger partial charge in [-0.05, 0) is 44.2 Å². The second-order valence-corrected chi connectivity index (χ2v) is 5.63. The molecular formula is C17H16N4O3. The Morgan fingerprint density at radius 3 is 2.46 bits per heavy atom. The van der Waals surface area contributed by atoms with Gasteiger partial charge in [0.15, 0.2) is 0 Å². The van der Waals surface area contributed by atoms with Crippen molar-refractivity contribution in [2.45, 2.75) is 19.9 Å². The Bertz CT molecular complexity index is 818. The minimum absolute atomic E-state index is 0.221. The number of carbonyl (C=O) groups excluding carboxylic acids is 3. The molecule has 7 nitrogen and oxygen atoms in total. The largest absolute Gasteiger partial charge is 0.324 e. The molecule has 122 valence electrons. The smallest absolute Gasteiger partial charge is 0.308 e. The zero-order chi connectivity index (χ0) is 17.3. The van der Waals surface area contributed by atoms with Crippen molar-refractivity contribution in [1.82, 2.24) is 9.88 Å². The van der Waals surface area contributed by atoms with Gasteiger partial charge in [-0.1, -0.05) is 6.07 Å². The Kier molecular flexibility index (Phi) is 3.99. The highest BCUT2D eigenvalue weighted by Crippen LogP contribution is 2.27. The molecule has 3 rings (SSSR count). The maximum atomic E-state index is 12.3. The average molecular weight is 324 g/mol. The lowest BCUT2D eigenvalue weighted by molar-refractivity contribution is 0.0609. The maximum Gasteiger partial charge on any atom is 0.324 e. The molecule has 1 aliphatic heterocycles. The molecule has 0 unspecified atom stereocenters. The predicted octanol–water partition coefficient (Wildman–Crippen LogP) is 2.73. The van der Waals surface area contributed by atoms with Crippen LogP contribution in [0.3, 0.4) is 0 Å². The Balaban J connectivity index is 1.77. The summed E-state index contributed by atoms with van der Waals surface area (Å²) in [7, 11) is 0. The first-order valence-corrected chi connectivity index (χ1v) is 7.48. The molecular weight excluding hydrogens is 308 g/mol. The first-order chi connectivity index (χ1) is 11.5. The van der Waals surface area contributed by atoms with Gasteiger partial charge in [-0.2, -0.15) is 0 Å². The van der Waals surface area contributed by atoms with Gasteiger partial charge in [0.2, 0.25) is 0 Å². The van der Waals surface area contributed by atoms with Crippen molar-refractivity contribution < 1.29 is 14.4 Å². The molecule has 0 saturated heterocycles. The van der Waals surface area contributed by atoms with Crippen LogP contribution in [0.15, 0.2) is 42.6 Å².